The lowest BCUT2D eigenvalue weighted by Gasteiger charge is -2.22. The number of hydrogen-bond donors (Lipinski definition) is 1. The molecule has 0 saturated carbocycles. The van der Waals surface area contributed by atoms with E-state index in [1.165, 1.54) is 18.9 Å². The number of methoxy groups -OCH3 is 1. The summed E-state index contributed by atoms with van der Waals surface area (Å²) in [6.45, 7) is 1.20. The van der Waals surface area contributed by atoms with Crippen molar-refractivity contribution in [3.63, 3.8) is 0 Å². The molecule has 1 aromatic carbocycles. The molecule has 126 valence electrons. The van der Waals surface area contributed by atoms with Gasteiger partial charge in [-0.25, -0.2) is 8.42 Å². The average Bonchev–Trinajstić information content (AvgIpc) is 2.83. The molecule has 0 radical (unpaired) electrons. The molecule has 2 rings (SSSR count). The van der Waals surface area contributed by atoms with E-state index in [4.69, 9.17) is 4.74 Å². The summed E-state index contributed by atoms with van der Waals surface area (Å²) in [5.41, 5.74) is 0.547. The number of rotatable bonds is 5. The fourth-order valence-corrected chi connectivity index (χ4v) is 4.16. The van der Waals surface area contributed by atoms with Crippen molar-refractivity contribution in [2.45, 2.75) is 19.4 Å². The SMILES string of the molecule is COc1cccc(N(CC(=O)NC2CCS(=O)(=O)C2)C(C)=O)c1. The largest absolute Gasteiger partial charge is 0.497 e. The first-order chi connectivity index (χ1) is 10.8. The maximum atomic E-state index is 12.1. The van der Waals surface area contributed by atoms with Gasteiger partial charge >= 0.3 is 0 Å². The number of ether oxygens (including phenoxy) is 1. The Morgan fingerprint density at radius 2 is 2.13 bits per heavy atom. The smallest absolute Gasteiger partial charge is 0.240 e. The summed E-state index contributed by atoms with van der Waals surface area (Å²) in [6, 6.07) is 6.45. The van der Waals surface area contributed by atoms with Crippen molar-refractivity contribution in [1.29, 1.82) is 0 Å². The van der Waals surface area contributed by atoms with Crippen LogP contribution in [0.15, 0.2) is 24.3 Å². The normalized spacial score (nSPS) is 19.1. The number of carbonyl (C=O) groups excluding carboxylic acids is 2. The second kappa shape index (κ2) is 6.99. The van der Waals surface area contributed by atoms with Gasteiger partial charge in [-0.05, 0) is 18.6 Å². The van der Waals surface area contributed by atoms with Crippen LogP contribution in [0, 0.1) is 0 Å². The minimum absolute atomic E-state index is 0.0437. The molecule has 23 heavy (non-hydrogen) atoms. The summed E-state index contributed by atoms with van der Waals surface area (Å²) in [5.74, 6) is -0.0454. The van der Waals surface area contributed by atoms with Gasteiger partial charge in [-0.3, -0.25) is 9.59 Å². The number of hydrogen-bond acceptors (Lipinski definition) is 5. The summed E-state index contributed by atoms with van der Waals surface area (Å²) in [7, 11) is -1.54. The molecule has 1 atom stereocenters. The van der Waals surface area contributed by atoms with E-state index in [2.05, 4.69) is 5.32 Å². The van der Waals surface area contributed by atoms with E-state index in [0.717, 1.165) is 0 Å². The van der Waals surface area contributed by atoms with Crippen LogP contribution in [0.5, 0.6) is 5.75 Å². The van der Waals surface area contributed by atoms with Crippen LogP contribution in [0.2, 0.25) is 0 Å². The molecule has 0 spiro atoms. The molecule has 1 fully saturated rings. The second-order valence-corrected chi connectivity index (χ2v) is 7.70. The first-order valence-corrected chi connectivity index (χ1v) is 9.05. The number of benzene rings is 1. The summed E-state index contributed by atoms with van der Waals surface area (Å²) >= 11 is 0. The zero-order valence-corrected chi connectivity index (χ0v) is 13.9. The molecule has 1 aromatic rings. The third-order valence-electron chi connectivity index (χ3n) is 3.64. The lowest BCUT2D eigenvalue weighted by Crippen LogP contribution is -2.44. The van der Waals surface area contributed by atoms with E-state index in [1.54, 1.807) is 24.3 Å². The quantitative estimate of drug-likeness (QED) is 0.835. The Hall–Kier alpha value is -2.09. The zero-order chi connectivity index (χ0) is 17.0. The molecular formula is C15H20N2O5S. The van der Waals surface area contributed by atoms with E-state index in [9.17, 15) is 18.0 Å². The fraction of sp³-hybridized carbons (Fsp3) is 0.467. The standard InChI is InChI=1S/C15H20N2O5S/c1-11(18)17(13-4-3-5-14(8-13)22-2)9-15(19)16-12-6-7-23(20,21)10-12/h3-5,8,12H,6-7,9-10H2,1-2H3,(H,16,19). The van der Waals surface area contributed by atoms with Crippen molar-refractivity contribution in [2.75, 3.05) is 30.1 Å². The molecular weight excluding hydrogens is 320 g/mol. The van der Waals surface area contributed by atoms with Gasteiger partial charge in [0.1, 0.15) is 12.3 Å². The van der Waals surface area contributed by atoms with Crippen molar-refractivity contribution >= 4 is 27.3 Å². The number of nitrogens with zero attached hydrogens (tertiary/aromatic N) is 1. The third-order valence-corrected chi connectivity index (χ3v) is 5.41. The van der Waals surface area contributed by atoms with Gasteiger partial charge in [-0.2, -0.15) is 0 Å². The molecule has 1 saturated heterocycles. The average molecular weight is 340 g/mol. The van der Waals surface area contributed by atoms with Gasteiger partial charge in [0.05, 0.1) is 18.6 Å². The van der Waals surface area contributed by atoms with Crippen LogP contribution in [0.4, 0.5) is 5.69 Å². The van der Waals surface area contributed by atoms with Crippen LogP contribution in [0.25, 0.3) is 0 Å². The van der Waals surface area contributed by atoms with E-state index in [1.807, 2.05) is 0 Å². The van der Waals surface area contributed by atoms with Gasteiger partial charge in [-0.15, -0.1) is 0 Å². The molecule has 0 bridgehead atoms. The Balaban J connectivity index is 2.04. The van der Waals surface area contributed by atoms with Crippen molar-refractivity contribution in [3.05, 3.63) is 24.3 Å². The summed E-state index contributed by atoms with van der Waals surface area (Å²) in [4.78, 5) is 25.3. The molecule has 1 unspecified atom stereocenters. The summed E-state index contributed by atoms with van der Waals surface area (Å²) < 4.78 is 27.9. The van der Waals surface area contributed by atoms with Crippen molar-refractivity contribution < 1.29 is 22.7 Å². The molecule has 8 heteroatoms. The highest BCUT2D eigenvalue weighted by molar-refractivity contribution is 7.91. The van der Waals surface area contributed by atoms with Gasteiger partial charge in [-0.1, -0.05) is 6.07 Å². The van der Waals surface area contributed by atoms with E-state index in [-0.39, 0.29) is 35.9 Å². The molecule has 1 aliphatic rings. The predicted molar refractivity (Wildman–Crippen MR) is 86.2 cm³/mol. The van der Waals surface area contributed by atoms with Gasteiger partial charge in [0.25, 0.3) is 0 Å². The van der Waals surface area contributed by atoms with Gasteiger partial charge in [0.15, 0.2) is 9.84 Å². The van der Waals surface area contributed by atoms with Crippen molar-refractivity contribution in [2.24, 2.45) is 0 Å². The fourth-order valence-electron chi connectivity index (χ4n) is 2.49. The lowest BCUT2D eigenvalue weighted by atomic mass is 10.2. The topological polar surface area (TPSA) is 92.8 Å². The summed E-state index contributed by atoms with van der Waals surface area (Å²) in [6.07, 6.45) is 0.410. The van der Waals surface area contributed by atoms with Crippen LogP contribution in [0.1, 0.15) is 13.3 Å². The summed E-state index contributed by atoms with van der Waals surface area (Å²) in [5, 5.41) is 2.67. The Morgan fingerprint density at radius 1 is 1.39 bits per heavy atom. The Bertz CT molecular complexity index is 702. The Kier molecular flexibility index (Phi) is 5.25. The molecule has 2 amide bonds. The third kappa shape index (κ3) is 4.69. The monoisotopic (exact) mass is 340 g/mol. The number of sulfone groups is 1. The molecule has 1 N–H and O–H groups in total. The maximum Gasteiger partial charge on any atom is 0.240 e. The van der Waals surface area contributed by atoms with Crippen LogP contribution in [0.3, 0.4) is 0 Å². The van der Waals surface area contributed by atoms with Crippen LogP contribution in [-0.4, -0.2) is 51.4 Å². The predicted octanol–water partition coefficient (Wildman–Crippen LogP) is 0.351. The van der Waals surface area contributed by atoms with Gasteiger partial charge in [0.2, 0.25) is 11.8 Å². The zero-order valence-electron chi connectivity index (χ0n) is 13.1. The first kappa shape index (κ1) is 17.3. The number of amides is 2. The molecule has 7 nitrogen and oxygen atoms in total. The van der Waals surface area contributed by atoms with Crippen LogP contribution < -0.4 is 15.0 Å². The highest BCUT2D eigenvalue weighted by atomic mass is 32.2. The second-order valence-electron chi connectivity index (χ2n) is 5.47. The maximum absolute atomic E-state index is 12.1. The number of carbonyl (C=O) groups is 2. The van der Waals surface area contributed by atoms with Crippen molar-refractivity contribution in [3.8, 4) is 5.75 Å². The minimum Gasteiger partial charge on any atom is -0.497 e. The highest BCUT2D eigenvalue weighted by Gasteiger charge is 2.29. The molecule has 1 aliphatic heterocycles. The molecule has 0 aromatic heterocycles. The lowest BCUT2D eigenvalue weighted by molar-refractivity contribution is -0.123. The molecule has 0 aliphatic carbocycles. The number of nitrogens with one attached hydrogen (secondary N) is 1. The van der Waals surface area contributed by atoms with E-state index < -0.39 is 9.84 Å². The number of anilines is 1. The van der Waals surface area contributed by atoms with Gasteiger partial charge in [0, 0.05) is 24.7 Å². The van der Waals surface area contributed by atoms with Crippen LogP contribution in [-0.2, 0) is 19.4 Å². The minimum atomic E-state index is -3.06. The highest BCUT2D eigenvalue weighted by Crippen LogP contribution is 2.21. The van der Waals surface area contributed by atoms with Gasteiger partial charge < -0.3 is 15.0 Å². The van der Waals surface area contributed by atoms with Crippen LogP contribution >= 0.6 is 0 Å². The first-order valence-electron chi connectivity index (χ1n) is 7.22. The molecule has 1 heterocycles. The Morgan fingerprint density at radius 3 is 2.70 bits per heavy atom. The van der Waals surface area contributed by atoms with E-state index in [0.29, 0.717) is 17.9 Å². The van der Waals surface area contributed by atoms with E-state index >= 15 is 0 Å². The Labute approximate surface area is 135 Å². The van der Waals surface area contributed by atoms with Crippen molar-refractivity contribution in [1.82, 2.24) is 5.32 Å².